The molecule has 1 saturated heterocycles. The summed E-state index contributed by atoms with van der Waals surface area (Å²) < 4.78 is 0. The lowest BCUT2D eigenvalue weighted by Crippen LogP contribution is -2.40. The van der Waals surface area contributed by atoms with Crippen molar-refractivity contribution in [2.75, 3.05) is 13.1 Å². The summed E-state index contributed by atoms with van der Waals surface area (Å²) in [6.07, 6.45) is 8.22. The Kier molecular flexibility index (Phi) is 3.14. The summed E-state index contributed by atoms with van der Waals surface area (Å²) in [6, 6.07) is 0.640. The third kappa shape index (κ3) is 2.18. The van der Waals surface area contributed by atoms with Crippen LogP contribution in [-0.2, 0) is 9.59 Å². The first-order valence-corrected chi connectivity index (χ1v) is 7.29. The van der Waals surface area contributed by atoms with Crippen molar-refractivity contribution < 1.29 is 9.59 Å². The Labute approximate surface area is 108 Å². The Hall–Kier alpha value is -0.900. The molecule has 4 nitrogen and oxygen atoms in total. The van der Waals surface area contributed by atoms with E-state index in [1.807, 2.05) is 0 Å². The Morgan fingerprint density at radius 2 is 1.89 bits per heavy atom. The van der Waals surface area contributed by atoms with Crippen LogP contribution in [0, 0.1) is 5.41 Å². The quantitative estimate of drug-likeness (QED) is 0.768. The summed E-state index contributed by atoms with van der Waals surface area (Å²) in [5.74, 6) is 0.171. The zero-order valence-electron chi connectivity index (χ0n) is 10.9. The summed E-state index contributed by atoms with van der Waals surface area (Å²) in [6.45, 7) is 1.33. The van der Waals surface area contributed by atoms with Crippen molar-refractivity contribution in [1.82, 2.24) is 10.2 Å². The third-order valence-corrected chi connectivity index (χ3v) is 4.65. The molecule has 3 aliphatic rings. The number of nitrogens with zero attached hydrogens (tertiary/aromatic N) is 1. The lowest BCUT2D eigenvalue weighted by molar-refractivity contribution is -0.142. The average Bonchev–Trinajstić information content (AvgIpc) is 3.15. The molecule has 3 fully saturated rings. The van der Waals surface area contributed by atoms with Crippen LogP contribution in [0.1, 0.15) is 51.4 Å². The topological polar surface area (TPSA) is 49.4 Å². The van der Waals surface area contributed by atoms with Crippen LogP contribution in [0.3, 0.4) is 0 Å². The Morgan fingerprint density at radius 3 is 2.56 bits per heavy atom. The highest BCUT2D eigenvalue weighted by molar-refractivity contribution is 6.05. The molecule has 2 aliphatic carbocycles. The molecular weight excluding hydrogens is 228 g/mol. The monoisotopic (exact) mass is 250 g/mol. The minimum absolute atomic E-state index is 0.0551. The van der Waals surface area contributed by atoms with Gasteiger partial charge in [-0.1, -0.05) is 19.3 Å². The largest absolute Gasteiger partial charge is 0.312 e. The van der Waals surface area contributed by atoms with E-state index in [1.165, 1.54) is 24.2 Å². The van der Waals surface area contributed by atoms with Gasteiger partial charge in [0.05, 0.1) is 5.41 Å². The van der Waals surface area contributed by atoms with E-state index in [9.17, 15) is 9.59 Å². The van der Waals surface area contributed by atoms with Crippen LogP contribution in [-0.4, -0.2) is 35.8 Å². The maximum absolute atomic E-state index is 12.5. The fourth-order valence-electron chi connectivity index (χ4n) is 3.37. The number of hydrogen-bond donors (Lipinski definition) is 1. The molecule has 100 valence electrons. The van der Waals surface area contributed by atoms with Gasteiger partial charge in [0.1, 0.15) is 0 Å². The summed E-state index contributed by atoms with van der Waals surface area (Å²) in [7, 11) is 0. The minimum Gasteiger partial charge on any atom is -0.312 e. The average molecular weight is 250 g/mol. The van der Waals surface area contributed by atoms with E-state index in [1.54, 1.807) is 0 Å². The van der Waals surface area contributed by atoms with Crippen molar-refractivity contribution >= 4 is 11.8 Å². The zero-order chi connectivity index (χ0) is 12.6. The molecule has 0 unspecified atom stereocenters. The predicted molar refractivity (Wildman–Crippen MR) is 67.9 cm³/mol. The predicted octanol–water partition coefficient (Wildman–Crippen LogP) is 1.45. The molecule has 1 spiro atoms. The molecule has 0 radical (unpaired) electrons. The van der Waals surface area contributed by atoms with Gasteiger partial charge in [0.2, 0.25) is 11.8 Å². The first-order chi connectivity index (χ1) is 8.71. The van der Waals surface area contributed by atoms with Crippen molar-refractivity contribution in [3.05, 3.63) is 0 Å². The van der Waals surface area contributed by atoms with Crippen LogP contribution >= 0.6 is 0 Å². The molecule has 4 heteroatoms. The number of likely N-dealkylation sites (tertiary alicyclic amines) is 1. The second kappa shape index (κ2) is 4.65. The smallest absolute Gasteiger partial charge is 0.235 e. The minimum atomic E-state index is -0.311. The van der Waals surface area contributed by atoms with Crippen molar-refractivity contribution in [2.45, 2.75) is 57.4 Å². The van der Waals surface area contributed by atoms with E-state index in [0.29, 0.717) is 19.0 Å². The van der Waals surface area contributed by atoms with Crippen LogP contribution in [0.4, 0.5) is 0 Å². The summed E-state index contributed by atoms with van der Waals surface area (Å²) >= 11 is 0. The van der Waals surface area contributed by atoms with E-state index in [2.05, 4.69) is 5.32 Å². The SMILES string of the molecule is O=C1CC2(CCCCC2)C(=O)N1CCNC1CC1. The van der Waals surface area contributed by atoms with Gasteiger partial charge in [0.25, 0.3) is 0 Å². The fourth-order valence-corrected chi connectivity index (χ4v) is 3.37. The third-order valence-electron chi connectivity index (χ3n) is 4.65. The van der Waals surface area contributed by atoms with E-state index < -0.39 is 0 Å². The van der Waals surface area contributed by atoms with E-state index in [0.717, 1.165) is 32.2 Å². The van der Waals surface area contributed by atoms with Crippen molar-refractivity contribution in [3.63, 3.8) is 0 Å². The second-order valence-electron chi connectivity index (χ2n) is 6.10. The van der Waals surface area contributed by atoms with Crippen LogP contribution in [0.15, 0.2) is 0 Å². The standard InChI is InChI=1S/C14H22N2O2/c17-12-10-14(6-2-1-3-7-14)13(18)16(12)9-8-15-11-4-5-11/h11,15H,1-10H2. The van der Waals surface area contributed by atoms with Gasteiger partial charge in [-0.3, -0.25) is 14.5 Å². The maximum atomic E-state index is 12.5. The number of imide groups is 1. The van der Waals surface area contributed by atoms with E-state index in [4.69, 9.17) is 0 Å². The van der Waals surface area contributed by atoms with Crippen molar-refractivity contribution in [2.24, 2.45) is 5.41 Å². The van der Waals surface area contributed by atoms with Gasteiger partial charge in [-0.05, 0) is 25.7 Å². The second-order valence-corrected chi connectivity index (χ2v) is 6.10. The van der Waals surface area contributed by atoms with Crippen molar-refractivity contribution in [3.8, 4) is 0 Å². The Morgan fingerprint density at radius 1 is 1.17 bits per heavy atom. The maximum Gasteiger partial charge on any atom is 0.235 e. The molecule has 0 aromatic carbocycles. The molecule has 3 rings (SSSR count). The van der Waals surface area contributed by atoms with Gasteiger partial charge in [0.15, 0.2) is 0 Å². The van der Waals surface area contributed by atoms with Gasteiger partial charge in [-0.2, -0.15) is 0 Å². The lowest BCUT2D eigenvalue weighted by Gasteiger charge is -2.30. The molecule has 0 atom stereocenters. The molecule has 2 amide bonds. The molecule has 2 saturated carbocycles. The number of amides is 2. The normalized spacial score (nSPS) is 27.2. The highest BCUT2D eigenvalue weighted by atomic mass is 16.2. The Balaban J connectivity index is 1.60. The van der Waals surface area contributed by atoms with Gasteiger partial charge >= 0.3 is 0 Å². The fraction of sp³-hybridized carbons (Fsp3) is 0.857. The zero-order valence-corrected chi connectivity index (χ0v) is 10.9. The molecule has 1 aliphatic heterocycles. The van der Waals surface area contributed by atoms with E-state index in [-0.39, 0.29) is 17.2 Å². The molecule has 1 heterocycles. The van der Waals surface area contributed by atoms with Gasteiger partial charge in [0, 0.05) is 25.6 Å². The van der Waals surface area contributed by atoms with Crippen LogP contribution in [0.5, 0.6) is 0 Å². The molecule has 18 heavy (non-hydrogen) atoms. The first-order valence-electron chi connectivity index (χ1n) is 7.29. The highest BCUT2D eigenvalue weighted by Crippen LogP contribution is 2.45. The summed E-state index contributed by atoms with van der Waals surface area (Å²) in [5.41, 5.74) is -0.311. The highest BCUT2D eigenvalue weighted by Gasteiger charge is 2.51. The Bertz CT molecular complexity index is 357. The summed E-state index contributed by atoms with van der Waals surface area (Å²) in [4.78, 5) is 26.0. The molecular formula is C14H22N2O2. The summed E-state index contributed by atoms with van der Waals surface area (Å²) in [5, 5.41) is 3.37. The molecule has 0 bridgehead atoms. The van der Waals surface area contributed by atoms with E-state index >= 15 is 0 Å². The van der Waals surface area contributed by atoms with Gasteiger partial charge in [-0.15, -0.1) is 0 Å². The first kappa shape index (κ1) is 12.2. The van der Waals surface area contributed by atoms with Crippen LogP contribution < -0.4 is 5.32 Å². The van der Waals surface area contributed by atoms with Gasteiger partial charge < -0.3 is 5.32 Å². The number of hydrogen-bond acceptors (Lipinski definition) is 3. The van der Waals surface area contributed by atoms with Crippen LogP contribution in [0.25, 0.3) is 0 Å². The number of nitrogens with one attached hydrogen (secondary N) is 1. The van der Waals surface area contributed by atoms with Gasteiger partial charge in [-0.25, -0.2) is 0 Å². The van der Waals surface area contributed by atoms with Crippen molar-refractivity contribution in [1.29, 1.82) is 0 Å². The molecule has 0 aromatic rings. The molecule has 0 aromatic heterocycles. The number of carbonyl (C=O) groups excluding carboxylic acids is 2. The number of rotatable bonds is 4. The van der Waals surface area contributed by atoms with Crippen LogP contribution in [0.2, 0.25) is 0 Å². The lowest BCUT2D eigenvalue weighted by atomic mass is 9.73. The number of carbonyl (C=O) groups is 2. The molecule has 1 N–H and O–H groups in total.